The quantitative estimate of drug-likeness (QED) is 0.289. The van der Waals surface area contributed by atoms with E-state index in [1.165, 1.54) is 4.31 Å². The van der Waals surface area contributed by atoms with E-state index < -0.39 is 10.0 Å². The summed E-state index contributed by atoms with van der Waals surface area (Å²) in [6.45, 7) is 5.69. The molecule has 2 aromatic carbocycles. The summed E-state index contributed by atoms with van der Waals surface area (Å²) in [5.74, 6) is 0.270. The van der Waals surface area contributed by atoms with Crippen molar-refractivity contribution >= 4 is 33.5 Å². The van der Waals surface area contributed by atoms with Gasteiger partial charge in [0, 0.05) is 69.5 Å². The zero-order valence-electron chi connectivity index (χ0n) is 23.7. The highest BCUT2D eigenvalue weighted by Gasteiger charge is 2.36. The molecule has 1 saturated heterocycles. The fourth-order valence-electron chi connectivity index (χ4n) is 4.96. The Balaban J connectivity index is 1.52. The molecule has 1 amide bonds. The van der Waals surface area contributed by atoms with Crippen molar-refractivity contribution in [2.24, 2.45) is 22.4 Å². The molecule has 1 fully saturated rings. The fourth-order valence-corrected chi connectivity index (χ4v) is 6.60. The molecular formula is C30H41N5O5S. The van der Waals surface area contributed by atoms with Crippen LogP contribution in [-0.2, 0) is 19.6 Å². The molecule has 0 atom stereocenters. The summed E-state index contributed by atoms with van der Waals surface area (Å²) in [6, 6.07) is 12.5. The lowest BCUT2D eigenvalue weighted by molar-refractivity contribution is -0.127. The second-order valence-electron chi connectivity index (χ2n) is 10.5. The molecule has 0 bridgehead atoms. The number of rotatable bonds is 14. The van der Waals surface area contributed by atoms with Gasteiger partial charge in [0.05, 0.1) is 10.6 Å². The highest BCUT2D eigenvalue weighted by Crippen LogP contribution is 2.34. The van der Waals surface area contributed by atoms with Crippen LogP contribution in [0.5, 0.6) is 0 Å². The van der Waals surface area contributed by atoms with Crippen LogP contribution in [0.2, 0.25) is 0 Å². The van der Waals surface area contributed by atoms with Crippen LogP contribution in [0.15, 0.2) is 57.9 Å². The molecule has 0 radical (unpaired) electrons. The van der Waals surface area contributed by atoms with Gasteiger partial charge in [-0.1, -0.05) is 31.2 Å². The number of hydrogen-bond donors (Lipinski definition) is 3. The van der Waals surface area contributed by atoms with E-state index in [-0.39, 0.29) is 29.7 Å². The number of hydrogen-bond acceptors (Lipinski definition) is 8. The van der Waals surface area contributed by atoms with E-state index >= 15 is 0 Å². The molecule has 0 unspecified atom stereocenters. The maximum absolute atomic E-state index is 13.5. The molecule has 0 aromatic heterocycles. The number of amides is 1. The molecule has 0 spiro atoms. The molecule has 2 aliphatic rings. The number of sulfonamides is 1. The minimum atomic E-state index is -3.64. The molecule has 2 aliphatic heterocycles. The van der Waals surface area contributed by atoms with Gasteiger partial charge in [-0.3, -0.25) is 4.79 Å². The van der Waals surface area contributed by atoms with Crippen molar-refractivity contribution in [1.29, 1.82) is 0 Å². The summed E-state index contributed by atoms with van der Waals surface area (Å²) in [5, 5.41) is 9.26. The summed E-state index contributed by atoms with van der Waals surface area (Å²) in [4.78, 5) is 20.2. The Morgan fingerprint density at radius 1 is 1.12 bits per heavy atom. The van der Waals surface area contributed by atoms with Gasteiger partial charge in [0.2, 0.25) is 15.9 Å². The van der Waals surface area contributed by atoms with Gasteiger partial charge < -0.3 is 26.2 Å². The third-order valence-corrected chi connectivity index (χ3v) is 9.08. The summed E-state index contributed by atoms with van der Waals surface area (Å²) in [6.07, 6.45) is 4.49. The lowest BCUT2D eigenvalue weighted by atomic mass is 10.0. The second kappa shape index (κ2) is 14.2. The minimum Gasteiger partial charge on any atom is -0.396 e. The van der Waals surface area contributed by atoms with Gasteiger partial charge in [-0.15, -0.1) is 0 Å². The van der Waals surface area contributed by atoms with Crippen molar-refractivity contribution < 1.29 is 23.1 Å². The van der Waals surface area contributed by atoms with Crippen LogP contribution in [0.25, 0.3) is 17.2 Å². The van der Waals surface area contributed by atoms with Crippen molar-refractivity contribution in [3.8, 4) is 11.1 Å². The van der Waals surface area contributed by atoms with Gasteiger partial charge in [-0.25, -0.2) is 13.4 Å². The summed E-state index contributed by atoms with van der Waals surface area (Å²) in [5.41, 5.74) is 15.3. The smallest absolute Gasteiger partial charge is 0.250 e. The predicted octanol–water partition coefficient (Wildman–Crippen LogP) is 2.74. The zero-order valence-corrected chi connectivity index (χ0v) is 24.5. The van der Waals surface area contributed by atoms with Gasteiger partial charge in [0.1, 0.15) is 5.84 Å². The average Bonchev–Trinajstić information content (AvgIpc) is 3.10. The molecular weight excluding hydrogens is 542 g/mol. The van der Waals surface area contributed by atoms with Gasteiger partial charge >= 0.3 is 0 Å². The van der Waals surface area contributed by atoms with Crippen LogP contribution < -0.4 is 11.5 Å². The number of carbonyl (C=O) groups is 1. The predicted molar refractivity (Wildman–Crippen MR) is 161 cm³/mol. The van der Waals surface area contributed by atoms with E-state index in [1.54, 1.807) is 18.2 Å². The Hall–Kier alpha value is -3.09. The van der Waals surface area contributed by atoms with Crippen LogP contribution in [0.1, 0.15) is 38.2 Å². The topological polar surface area (TPSA) is 152 Å². The van der Waals surface area contributed by atoms with Gasteiger partial charge in [0.15, 0.2) is 0 Å². The van der Waals surface area contributed by atoms with Crippen LogP contribution >= 0.6 is 0 Å². The highest BCUT2D eigenvalue weighted by molar-refractivity contribution is 7.89. The molecule has 0 aliphatic carbocycles. The number of aliphatic hydroxyl groups excluding tert-OH is 1. The first-order valence-corrected chi connectivity index (χ1v) is 15.7. The highest BCUT2D eigenvalue weighted by atomic mass is 32.2. The van der Waals surface area contributed by atoms with Gasteiger partial charge in [0.25, 0.3) is 0 Å². The van der Waals surface area contributed by atoms with Crippen molar-refractivity contribution in [2.75, 3.05) is 52.5 Å². The first-order valence-electron chi connectivity index (χ1n) is 14.2. The Morgan fingerprint density at radius 2 is 1.88 bits per heavy atom. The molecule has 2 aromatic rings. The molecule has 2 heterocycles. The summed E-state index contributed by atoms with van der Waals surface area (Å²) in [7, 11) is -3.64. The Bertz CT molecular complexity index is 1390. The number of nitrogens with two attached hydrogens (primary N) is 2. The summed E-state index contributed by atoms with van der Waals surface area (Å²) < 4.78 is 33.1. The van der Waals surface area contributed by atoms with E-state index in [1.807, 2.05) is 42.2 Å². The standard InChI is InChI=1S/C30H41N5O5S/c1-2-11-34(12-5-14-40-13-4-10-31)30(37)26-15-25-9-8-24(17-28(25)33-29(32)18-26)23-6-3-7-27(16-23)41(38,39)35-19-22(20-35)21-36/h3,6-9,15-17,22,36H,2,4-5,10-14,18-21,31H2,1H3,(H2,32,33). The Morgan fingerprint density at radius 3 is 2.61 bits per heavy atom. The lowest BCUT2D eigenvalue weighted by Gasteiger charge is -2.36. The molecule has 4 rings (SSSR count). The van der Waals surface area contributed by atoms with Crippen molar-refractivity contribution in [2.45, 2.75) is 37.5 Å². The lowest BCUT2D eigenvalue weighted by Crippen LogP contribution is -2.51. The molecule has 222 valence electrons. The monoisotopic (exact) mass is 583 g/mol. The molecule has 10 nitrogen and oxygen atoms in total. The number of ether oxygens (including phenoxy) is 1. The van der Waals surface area contributed by atoms with E-state index in [4.69, 9.17) is 16.2 Å². The number of fused-ring (bicyclic) bond motifs is 1. The zero-order chi connectivity index (χ0) is 29.4. The average molecular weight is 584 g/mol. The maximum atomic E-state index is 13.5. The summed E-state index contributed by atoms with van der Waals surface area (Å²) >= 11 is 0. The first-order chi connectivity index (χ1) is 19.8. The number of amidine groups is 1. The number of aliphatic hydroxyl groups is 1. The Kier molecular flexibility index (Phi) is 10.7. The molecule has 0 saturated carbocycles. The van der Waals surface area contributed by atoms with Crippen LogP contribution in [0.4, 0.5) is 5.69 Å². The van der Waals surface area contributed by atoms with Crippen molar-refractivity contribution in [1.82, 2.24) is 9.21 Å². The van der Waals surface area contributed by atoms with Crippen LogP contribution in [0.3, 0.4) is 0 Å². The largest absolute Gasteiger partial charge is 0.396 e. The number of carbonyl (C=O) groups excluding carboxylic acids is 1. The number of aliphatic imine (C=N–C) groups is 1. The van der Waals surface area contributed by atoms with Crippen molar-refractivity contribution in [3.05, 3.63) is 53.6 Å². The molecule has 41 heavy (non-hydrogen) atoms. The van der Waals surface area contributed by atoms with Crippen molar-refractivity contribution in [3.63, 3.8) is 0 Å². The van der Waals surface area contributed by atoms with E-state index in [2.05, 4.69) is 4.99 Å². The van der Waals surface area contributed by atoms with Crippen LogP contribution in [0, 0.1) is 5.92 Å². The maximum Gasteiger partial charge on any atom is 0.250 e. The molecule has 5 N–H and O–H groups in total. The van der Waals surface area contributed by atoms with E-state index in [0.717, 1.165) is 36.0 Å². The van der Waals surface area contributed by atoms with E-state index in [0.29, 0.717) is 63.0 Å². The fraction of sp³-hybridized carbons (Fsp3) is 0.467. The number of nitrogens with zero attached hydrogens (tertiary/aromatic N) is 3. The van der Waals surface area contributed by atoms with Gasteiger partial charge in [-0.2, -0.15) is 4.31 Å². The third kappa shape index (κ3) is 7.60. The Labute approximate surface area is 242 Å². The molecule has 11 heteroatoms. The van der Waals surface area contributed by atoms with E-state index in [9.17, 15) is 18.3 Å². The third-order valence-electron chi connectivity index (χ3n) is 7.25. The SMILES string of the molecule is CCCN(CCCOCCCN)C(=O)C1=Cc2ccc(-c3cccc(S(=O)(=O)N4CC(CO)C4)c3)cc2N=C(N)C1. The number of benzene rings is 2. The second-order valence-corrected chi connectivity index (χ2v) is 12.5. The minimum absolute atomic E-state index is 0.0137. The normalized spacial score (nSPS) is 15.9. The first kappa shape index (κ1) is 30.9. The van der Waals surface area contributed by atoms with Crippen LogP contribution in [-0.4, -0.2) is 87.0 Å². The van der Waals surface area contributed by atoms with Gasteiger partial charge in [-0.05, 0) is 61.2 Å².